The summed E-state index contributed by atoms with van der Waals surface area (Å²) in [6.07, 6.45) is 2.24. The van der Waals surface area contributed by atoms with Crippen molar-refractivity contribution in [2.75, 3.05) is 11.3 Å². The third-order valence-electron chi connectivity index (χ3n) is 4.77. The predicted octanol–water partition coefficient (Wildman–Crippen LogP) is 3.39. The van der Waals surface area contributed by atoms with Crippen LogP contribution in [0.1, 0.15) is 11.1 Å². The lowest BCUT2D eigenvalue weighted by atomic mass is 10.1. The Morgan fingerprint density at radius 1 is 0.903 bits per heavy atom. The normalized spacial score (nSPS) is 12.1. The number of sulfonamides is 1. The first kappa shape index (κ1) is 20.6. The van der Waals surface area contributed by atoms with Crippen LogP contribution in [0.25, 0.3) is 10.9 Å². The first-order chi connectivity index (χ1) is 15.0. The third kappa shape index (κ3) is 4.90. The molecule has 31 heavy (non-hydrogen) atoms. The van der Waals surface area contributed by atoms with Gasteiger partial charge in [-0.1, -0.05) is 60.7 Å². The molecule has 0 saturated heterocycles. The standard InChI is InChI=1S/C24H21N3O3S/c28-24(26-17-15-18-6-2-1-3-7-18)20-11-13-21(14-12-20)27-31(29,30)22-10-4-8-19-9-5-16-25-23(19)22/h1-14,16,27H,15,17H2,(H,26,28)/p-1. The molecule has 0 fully saturated rings. The van der Waals surface area contributed by atoms with E-state index in [1.807, 2.05) is 42.5 Å². The van der Waals surface area contributed by atoms with Crippen LogP contribution in [0.4, 0.5) is 5.69 Å². The van der Waals surface area contributed by atoms with Crippen LogP contribution in [-0.2, 0) is 16.4 Å². The average Bonchev–Trinajstić information content (AvgIpc) is 2.79. The number of aromatic nitrogens is 1. The summed E-state index contributed by atoms with van der Waals surface area (Å²) in [4.78, 5) is 8.39. The Balaban J connectivity index is 1.47. The van der Waals surface area contributed by atoms with Gasteiger partial charge < -0.3 is 10.1 Å². The number of benzene rings is 3. The van der Waals surface area contributed by atoms with E-state index >= 15 is 0 Å². The highest BCUT2D eigenvalue weighted by molar-refractivity contribution is 7.93. The molecule has 0 aliphatic carbocycles. The number of aliphatic imine (C=N–C) groups is 1. The summed E-state index contributed by atoms with van der Waals surface area (Å²) in [6.45, 7) is 0.394. The van der Waals surface area contributed by atoms with Crippen molar-refractivity contribution in [1.82, 2.24) is 4.98 Å². The molecule has 6 nitrogen and oxygen atoms in total. The third-order valence-corrected chi connectivity index (χ3v) is 6.18. The zero-order chi connectivity index (χ0) is 21.7. The van der Waals surface area contributed by atoms with Crippen LogP contribution >= 0.6 is 0 Å². The molecule has 0 amide bonds. The molecule has 0 spiro atoms. The van der Waals surface area contributed by atoms with Gasteiger partial charge in [0.2, 0.25) is 0 Å². The summed E-state index contributed by atoms with van der Waals surface area (Å²) in [5.41, 5.74) is 2.28. The van der Waals surface area contributed by atoms with Gasteiger partial charge in [-0.3, -0.25) is 9.71 Å². The Labute approximate surface area is 181 Å². The smallest absolute Gasteiger partial charge is 0.264 e. The fourth-order valence-corrected chi connectivity index (χ4v) is 4.45. The minimum Gasteiger partial charge on any atom is -0.858 e. The lowest BCUT2D eigenvalue weighted by Gasteiger charge is -2.13. The summed E-state index contributed by atoms with van der Waals surface area (Å²) >= 11 is 0. The second-order valence-electron chi connectivity index (χ2n) is 6.94. The molecule has 1 aromatic heterocycles. The van der Waals surface area contributed by atoms with E-state index in [0.717, 1.165) is 10.9 Å². The quantitative estimate of drug-likeness (QED) is 0.359. The Bertz CT molecular complexity index is 1310. The molecule has 3 aromatic carbocycles. The van der Waals surface area contributed by atoms with E-state index in [9.17, 15) is 13.5 Å². The van der Waals surface area contributed by atoms with Crippen molar-refractivity contribution < 1.29 is 13.5 Å². The van der Waals surface area contributed by atoms with Gasteiger partial charge in [-0.2, -0.15) is 0 Å². The van der Waals surface area contributed by atoms with E-state index in [2.05, 4.69) is 14.7 Å². The molecular weight excluding hydrogens is 410 g/mol. The zero-order valence-electron chi connectivity index (χ0n) is 16.6. The molecule has 0 bridgehead atoms. The van der Waals surface area contributed by atoms with Crippen molar-refractivity contribution in [3.05, 3.63) is 102 Å². The van der Waals surface area contributed by atoms with Crippen molar-refractivity contribution in [3.63, 3.8) is 0 Å². The van der Waals surface area contributed by atoms with Gasteiger partial charge in [0.05, 0.1) is 5.52 Å². The second-order valence-corrected chi connectivity index (χ2v) is 8.59. The minimum atomic E-state index is -3.84. The highest BCUT2D eigenvalue weighted by Crippen LogP contribution is 2.23. The van der Waals surface area contributed by atoms with E-state index in [1.54, 1.807) is 42.6 Å². The molecule has 4 aromatic rings. The molecule has 1 heterocycles. The van der Waals surface area contributed by atoms with Crippen molar-refractivity contribution in [2.24, 2.45) is 4.99 Å². The summed E-state index contributed by atoms with van der Waals surface area (Å²) in [6, 6.07) is 24.6. The van der Waals surface area contributed by atoms with Gasteiger partial charge in [-0.05, 0) is 47.7 Å². The number of para-hydroxylation sites is 1. The van der Waals surface area contributed by atoms with Gasteiger partial charge in [-0.25, -0.2) is 8.42 Å². The number of hydrogen-bond acceptors (Lipinski definition) is 5. The van der Waals surface area contributed by atoms with Crippen LogP contribution < -0.4 is 9.83 Å². The molecule has 7 heteroatoms. The van der Waals surface area contributed by atoms with Crippen LogP contribution in [0.3, 0.4) is 0 Å². The summed E-state index contributed by atoms with van der Waals surface area (Å²) < 4.78 is 28.3. The highest BCUT2D eigenvalue weighted by Gasteiger charge is 2.18. The SMILES string of the molecule is O=S(=O)(Nc1ccc(C([O-])=NCCc2ccccc2)cc1)c1cccc2cccnc12. The molecule has 0 aliphatic rings. The van der Waals surface area contributed by atoms with Crippen LogP contribution in [0.2, 0.25) is 0 Å². The topological polar surface area (TPSA) is 94.5 Å². The Morgan fingerprint density at radius 3 is 2.42 bits per heavy atom. The maximum atomic E-state index is 12.9. The first-order valence-electron chi connectivity index (χ1n) is 9.75. The highest BCUT2D eigenvalue weighted by atomic mass is 32.2. The van der Waals surface area contributed by atoms with E-state index in [1.165, 1.54) is 6.07 Å². The first-order valence-corrected chi connectivity index (χ1v) is 11.2. The number of anilines is 1. The fourth-order valence-electron chi connectivity index (χ4n) is 3.21. The molecule has 0 radical (unpaired) electrons. The monoisotopic (exact) mass is 430 g/mol. The number of pyridine rings is 1. The number of nitrogens with zero attached hydrogens (tertiary/aromatic N) is 2. The zero-order valence-corrected chi connectivity index (χ0v) is 17.4. The number of rotatable bonds is 7. The molecule has 156 valence electrons. The summed E-state index contributed by atoms with van der Waals surface area (Å²) in [5.74, 6) is -0.330. The predicted molar refractivity (Wildman–Crippen MR) is 121 cm³/mol. The second kappa shape index (κ2) is 8.97. The lowest BCUT2D eigenvalue weighted by molar-refractivity contribution is -0.213. The summed E-state index contributed by atoms with van der Waals surface area (Å²) in [5, 5.41) is 13.0. The number of fused-ring (bicyclic) bond motifs is 1. The van der Waals surface area contributed by atoms with Crippen molar-refractivity contribution in [2.45, 2.75) is 11.3 Å². The Morgan fingerprint density at radius 2 is 1.65 bits per heavy atom. The van der Waals surface area contributed by atoms with Crippen molar-refractivity contribution in [1.29, 1.82) is 0 Å². The van der Waals surface area contributed by atoms with Crippen LogP contribution in [-0.4, -0.2) is 25.8 Å². The average molecular weight is 431 g/mol. The van der Waals surface area contributed by atoms with E-state index < -0.39 is 10.0 Å². The molecule has 0 unspecified atom stereocenters. The van der Waals surface area contributed by atoms with E-state index in [0.29, 0.717) is 29.7 Å². The van der Waals surface area contributed by atoms with Gasteiger partial charge in [0.25, 0.3) is 10.0 Å². The maximum absolute atomic E-state index is 12.9. The molecule has 0 saturated carbocycles. The van der Waals surface area contributed by atoms with Gasteiger partial charge >= 0.3 is 0 Å². The fraction of sp³-hybridized carbons (Fsp3) is 0.0833. The van der Waals surface area contributed by atoms with Crippen molar-refractivity contribution in [3.8, 4) is 0 Å². The van der Waals surface area contributed by atoms with Gasteiger partial charge in [-0.15, -0.1) is 0 Å². The number of nitrogens with one attached hydrogen (secondary N) is 1. The Hall–Kier alpha value is -3.71. The largest absolute Gasteiger partial charge is 0.858 e. The molecular formula is C24H20N3O3S-. The lowest BCUT2D eigenvalue weighted by Crippen LogP contribution is -2.20. The van der Waals surface area contributed by atoms with E-state index in [-0.39, 0.29) is 10.8 Å². The van der Waals surface area contributed by atoms with Gasteiger partial charge in [0, 0.05) is 23.8 Å². The molecule has 0 aliphatic heterocycles. The van der Waals surface area contributed by atoms with Crippen molar-refractivity contribution >= 4 is 32.5 Å². The molecule has 0 atom stereocenters. The van der Waals surface area contributed by atoms with Gasteiger partial charge in [0.1, 0.15) is 4.90 Å². The van der Waals surface area contributed by atoms with Crippen LogP contribution in [0.5, 0.6) is 0 Å². The maximum Gasteiger partial charge on any atom is 0.264 e. The summed E-state index contributed by atoms with van der Waals surface area (Å²) in [7, 11) is -3.84. The molecule has 1 N–H and O–H groups in total. The number of hydrogen-bond donors (Lipinski definition) is 1. The van der Waals surface area contributed by atoms with Crippen LogP contribution in [0.15, 0.2) is 101 Å². The molecule has 4 rings (SSSR count). The minimum absolute atomic E-state index is 0.0988. The Kier molecular flexibility index (Phi) is 5.95. The van der Waals surface area contributed by atoms with Gasteiger partial charge in [0.15, 0.2) is 0 Å². The van der Waals surface area contributed by atoms with E-state index in [4.69, 9.17) is 0 Å². The van der Waals surface area contributed by atoms with Crippen LogP contribution in [0, 0.1) is 0 Å².